The van der Waals surface area contributed by atoms with Crippen molar-refractivity contribution in [2.24, 2.45) is 0 Å². The Morgan fingerprint density at radius 3 is 1.50 bits per heavy atom. The molecule has 2 aliphatic rings. The van der Waals surface area contributed by atoms with E-state index in [-0.39, 0.29) is 0 Å². The quantitative estimate of drug-likeness (QED) is 0.178. The van der Waals surface area contributed by atoms with Gasteiger partial charge in [0.2, 0.25) is 0 Å². The zero-order valence-electron chi connectivity index (χ0n) is 34.6. The monoisotopic (exact) mass is 812 g/mol. The summed E-state index contributed by atoms with van der Waals surface area (Å²) in [6, 6.07) is 79.1. The van der Waals surface area contributed by atoms with Crippen molar-refractivity contribution >= 4 is 43.4 Å². The number of nitrogens with zero attached hydrogens (tertiary/aromatic N) is 4. The highest BCUT2D eigenvalue weighted by Crippen LogP contribution is 2.63. The van der Waals surface area contributed by atoms with Crippen LogP contribution in [-0.2, 0) is 5.41 Å². The molecule has 0 aliphatic heterocycles. The summed E-state index contributed by atoms with van der Waals surface area (Å²) in [6.45, 7) is 0. The number of benzene rings is 10. The summed E-state index contributed by atoms with van der Waals surface area (Å²) in [4.78, 5) is 16.0. The van der Waals surface area contributed by atoms with Gasteiger partial charge in [-0.25, -0.2) is 15.0 Å². The second-order valence-corrected chi connectivity index (χ2v) is 17.1. The van der Waals surface area contributed by atoms with Crippen LogP contribution in [0.5, 0.6) is 0 Å². The van der Waals surface area contributed by atoms with E-state index in [0.717, 1.165) is 44.2 Å². The van der Waals surface area contributed by atoms with E-state index in [0.29, 0.717) is 17.5 Å². The van der Waals surface area contributed by atoms with Gasteiger partial charge in [-0.1, -0.05) is 182 Å². The molecule has 4 nitrogen and oxygen atoms in total. The molecule has 14 rings (SSSR count). The molecule has 0 saturated carbocycles. The number of hydrogen-bond donors (Lipinski definition) is 0. The van der Waals surface area contributed by atoms with Gasteiger partial charge < -0.3 is 4.57 Å². The molecule has 0 radical (unpaired) electrons. The molecule has 1 spiro atoms. The fourth-order valence-corrected chi connectivity index (χ4v) is 11.1. The Morgan fingerprint density at radius 1 is 0.297 bits per heavy atom. The van der Waals surface area contributed by atoms with Crippen molar-refractivity contribution in [1.29, 1.82) is 0 Å². The van der Waals surface area contributed by atoms with Gasteiger partial charge in [-0.2, -0.15) is 0 Å². The average Bonchev–Trinajstić information content (AvgIpc) is 3.96. The Hall–Kier alpha value is -8.47. The SMILES string of the molecule is c1ccc(-c2nc(-c3ccc4c(c3)C3(c5ccccc5-c5ccccc53)c3ccccc3-4)nc(-c3cc(-n4c5ccccc5c5cc6ccccc6cc54)c4ccccc4c3)n2)cc1. The zero-order chi connectivity index (χ0) is 41.9. The summed E-state index contributed by atoms with van der Waals surface area (Å²) in [5, 5.41) is 7.14. The number of rotatable bonds is 4. The lowest BCUT2D eigenvalue weighted by molar-refractivity contribution is 0.794. The summed E-state index contributed by atoms with van der Waals surface area (Å²) < 4.78 is 2.43. The lowest BCUT2D eigenvalue weighted by atomic mass is 9.70. The molecule has 0 atom stereocenters. The van der Waals surface area contributed by atoms with Gasteiger partial charge in [0.05, 0.1) is 22.1 Å². The maximum Gasteiger partial charge on any atom is 0.164 e. The largest absolute Gasteiger partial charge is 0.309 e. The first-order valence-electron chi connectivity index (χ1n) is 21.9. The predicted octanol–water partition coefficient (Wildman–Crippen LogP) is 14.6. The van der Waals surface area contributed by atoms with Gasteiger partial charge in [-0.05, 0) is 97.1 Å². The van der Waals surface area contributed by atoms with Crippen molar-refractivity contribution in [2.75, 3.05) is 0 Å². The molecule has 0 unspecified atom stereocenters. The third-order valence-corrected chi connectivity index (χ3v) is 13.8. The van der Waals surface area contributed by atoms with Crippen LogP contribution >= 0.6 is 0 Å². The van der Waals surface area contributed by atoms with Gasteiger partial charge in [-0.3, -0.25) is 0 Å². The van der Waals surface area contributed by atoms with E-state index in [1.165, 1.54) is 66.1 Å². The molecule has 0 amide bonds. The van der Waals surface area contributed by atoms with Gasteiger partial charge in [0.15, 0.2) is 17.5 Å². The minimum absolute atomic E-state index is 0.478. The van der Waals surface area contributed by atoms with Crippen molar-refractivity contribution in [1.82, 2.24) is 19.5 Å². The van der Waals surface area contributed by atoms with Gasteiger partial charge >= 0.3 is 0 Å². The molecule has 4 heteroatoms. The molecule has 64 heavy (non-hydrogen) atoms. The minimum atomic E-state index is -0.478. The van der Waals surface area contributed by atoms with Gasteiger partial charge in [0, 0.05) is 32.8 Å². The maximum atomic E-state index is 5.44. The number of fused-ring (bicyclic) bond motifs is 15. The van der Waals surface area contributed by atoms with Gasteiger partial charge in [-0.15, -0.1) is 0 Å². The van der Waals surface area contributed by atoms with Crippen LogP contribution in [0.15, 0.2) is 218 Å². The van der Waals surface area contributed by atoms with Crippen molar-refractivity contribution < 1.29 is 0 Å². The lowest BCUT2D eigenvalue weighted by Crippen LogP contribution is -2.25. The first-order chi connectivity index (χ1) is 31.7. The predicted molar refractivity (Wildman–Crippen MR) is 262 cm³/mol. The number of aromatic nitrogens is 4. The van der Waals surface area contributed by atoms with Crippen molar-refractivity contribution in [2.45, 2.75) is 5.41 Å². The summed E-state index contributed by atoms with van der Waals surface area (Å²) in [6.07, 6.45) is 0. The smallest absolute Gasteiger partial charge is 0.164 e. The van der Waals surface area contributed by atoms with E-state index in [9.17, 15) is 0 Å². The minimum Gasteiger partial charge on any atom is -0.309 e. The van der Waals surface area contributed by atoms with Crippen LogP contribution in [0.25, 0.3) is 105 Å². The molecule has 0 bridgehead atoms. The molecule has 2 aliphatic carbocycles. The molecule has 2 heterocycles. The molecule has 0 N–H and O–H groups in total. The summed E-state index contributed by atoms with van der Waals surface area (Å²) in [5.41, 5.74) is 16.0. The molecule has 0 saturated heterocycles. The van der Waals surface area contributed by atoms with Crippen molar-refractivity contribution in [3.8, 4) is 62.1 Å². The lowest BCUT2D eigenvalue weighted by Gasteiger charge is -2.30. The van der Waals surface area contributed by atoms with Crippen molar-refractivity contribution in [3.05, 3.63) is 241 Å². The molecule has 2 aromatic heterocycles. The fourth-order valence-electron chi connectivity index (χ4n) is 11.1. The standard InChI is InChI=1S/C60H36N4/c1-2-16-37(17-3-1)57-61-58(41-30-31-47-46-24-10-14-28-52(46)60(53(47)34-41)50-26-12-8-22-44(50)45-23-9-13-27-51(45)60)63-59(62-57)42-32-40-20-6-7-21-43(40)55(36-42)64-54-29-15-11-25-48(54)49-33-38-18-4-5-19-39(38)35-56(49)64/h1-36H. The van der Waals surface area contributed by atoms with E-state index in [1.54, 1.807) is 0 Å². The topological polar surface area (TPSA) is 43.6 Å². The highest BCUT2D eigenvalue weighted by atomic mass is 15.0. The average molecular weight is 813 g/mol. The highest BCUT2D eigenvalue weighted by Gasteiger charge is 2.51. The van der Waals surface area contributed by atoms with E-state index >= 15 is 0 Å². The van der Waals surface area contributed by atoms with E-state index in [1.807, 2.05) is 18.2 Å². The first kappa shape index (κ1) is 35.2. The van der Waals surface area contributed by atoms with E-state index in [2.05, 4.69) is 205 Å². The Balaban J connectivity index is 1.02. The van der Waals surface area contributed by atoms with Gasteiger partial charge in [0.1, 0.15) is 0 Å². The zero-order valence-corrected chi connectivity index (χ0v) is 34.6. The molecule has 0 fully saturated rings. The third kappa shape index (κ3) is 4.85. The maximum absolute atomic E-state index is 5.44. The Kier molecular flexibility index (Phi) is 7.29. The normalized spacial score (nSPS) is 13.1. The van der Waals surface area contributed by atoms with Crippen LogP contribution in [0.2, 0.25) is 0 Å². The Bertz CT molecular complexity index is 3850. The molecular weight excluding hydrogens is 777 g/mol. The molecule has 296 valence electrons. The molecule has 10 aromatic carbocycles. The van der Waals surface area contributed by atoms with Crippen LogP contribution in [0, 0.1) is 0 Å². The van der Waals surface area contributed by atoms with Crippen LogP contribution < -0.4 is 0 Å². The van der Waals surface area contributed by atoms with Gasteiger partial charge in [0.25, 0.3) is 0 Å². The summed E-state index contributed by atoms with van der Waals surface area (Å²) >= 11 is 0. The third-order valence-electron chi connectivity index (χ3n) is 13.8. The summed E-state index contributed by atoms with van der Waals surface area (Å²) in [7, 11) is 0. The number of hydrogen-bond acceptors (Lipinski definition) is 3. The number of para-hydroxylation sites is 1. The second-order valence-electron chi connectivity index (χ2n) is 17.1. The van der Waals surface area contributed by atoms with Crippen LogP contribution in [0.3, 0.4) is 0 Å². The van der Waals surface area contributed by atoms with Crippen LogP contribution in [0.4, 0.5) is 0 Å². The van der Waals surface area contributed by atoms with E-state index < -0.39 is 5.41 Å². The Morgan fingerprint density at radius 2 is 0.812 bits per heavy atom. The van der Waals surface area contributed by atoms with Crippen LogP contribution in [0.1, 0.15) is 22.3 Å². The fraction of sp³-hybridized carbons (Fsp3) is 0.0167. The molecular formula is C60H36N4. The summed E-state index contributed by atoms with van der Waals surface area (Å²) in [5.74, 6) is 1.89. The molecule has 12 aromatic rings. The van der Waals surface area contributed by atoms with Crippen LogP contribution in [-0.4, -0.2) is 19.5 Å². The Labute approximate surface area is 369 Å². The van der Waals surface area contributed by atoms with E-state index in [4.69, 9.17) is 15.0 Å². The first-order valence-corrected chi connectivity index (χ1v) is 21.9. The van der Waals surface area contributed by atoms with Crippen molar-refractivity contribution in [3.63, 3.8) is 0 Å². The highest BCUT2D eigenvalue weighted by molar-refractivity contribution is 6.14. The second kappa shape index (κ2) is 13.3.